The van der Waals surface area contributed by atoms with Crippen molar-refractivity contribution < 1.29 is 14.8 Å². The summed E-state index contributed by atoms with van der Waals surface area (Å²) in [7, 11) is -1.00. The van der Waals surface area contributed by atoms with Crippen LogP contribution in [-0.4, -0.2) is 34.8 Å². The minimum Gasteiger partial charge on any atom is -0.480 e. The van der Waals surface area contributed by atoms with E-state index in [1.165, 1.54) is 0 Å². The maximum Gasteiger partial charge on any atom is 0.320 e. The summed E-state index contributed by atoms with van der Waals surface area (Å²) in [5.74, 6) is -1.00. The van der Waals surface area contributed by atoms with Gasteiger partial charge in [-0.2, -0.15) is 0 Å². The fourth-order valence-corrected chi connectivity index (χ4v) is 1.10. The van der Waals surface area contributed by atoms with Crippen LogP contribution in [-0.2, 0) is 4.79 Å². The molecule has 2 atom stereocenters. The molecule has 0 aromatic rings. The molecule has 0 amide bonds. The zero-order valence-electron chi connectivity index (χ0n) is 6.23. The van der Waals surface area contributed by atoms with Gasteiger partial charge in [-0.3, -0.25) is 4.79 Å². The molecule has 11 heavy (non-hydrogen) atoms. The van der Waals surface area contributed by atoms with E-state index in [4.69, 9.17) is 15.7 Å². The summed E-state index contributed by atoms with van der Waals surface area (Å²) < 4.78 is 0. The summed E-state index contributed by atoms with van der Waals surface area (Å²) >= 11 is 0. The Kier molecular flexibility index (Phi) is 8.46. The Morgan fingerprint density at radius 3 is 2.45 bits per heavy atom. The second-order valence-electron chi connectivity index (χ2n) is 2.11. The first-order valence-electron chi connectivity index (χ1n) is 2.92. The highest BCUT2D eigenvalue weighted by Crippen LogP contribution is 2.24. The molecule has 0 radical (unpaired) electrons. The molecule has 0 rings (SSSR count). The summed E-state index contributed by atoms with van der Waals surface area (Å²) in [6.07, 6.45) is 0.858. The maximum absolute atomic E-state index is 10.1. The predicted molar refractivity (Wildman–Crippen MR) is 47.4 cm³/mol. The van der Waals surface area contributed by atoms with Crippen molar-refractivity contribution in [3.63, 3.8) is 0 Å². The molecule has 6 heteroatoms. The quantitative estimate of drug-likeness (QED) is 0.569. The van der Waals surface area contributed by atoms with Crippen LogP contribution >= 0.6 is 20.6 Å². The number of hydrogen-bond donors (Lipinski definition) is 3. The van der Waals surface area contributed by atoms with Gasteiger partial charge in [0.15, 0.2) is 0 Å². The number of carboxylic acids is 1. The highest BCUT2D eigenvalue weighted by Gasteiger charge is 2.11. The molecule has 0 saturated heterocycles. The van der Waals surface area contributed by atoms with Gasteiger partial charge in [0.25, 0.3) is 0 Å². The zero-order valence-corrected chi connectivity index (χ0v) is 7.94. The van der Waals surface area contributed by atoms with E-state index in [1.54, 1.807) is 6.66 Å². The molecule has 0 bridgehead atoms. The van der Waals surface area contributed by atoms with Gasteiger partial charge in [0.2, 0.25) is 0 Å². The molecular formula is C5H13ClNO3P. The van der Waals surface area contributed by atoms with Gasteiger partial charge in [0.1, 0.15) is 6.04 Å². The molecule has 0 aliphatic rings. The summed E-state index contributed by atoms with van der Waals surface area (Å²) in [5, 5.41) is 8.30. The first kappa shape index (κ1) is 13.7. The van der Waals surface area contributed by atoms with Crippen LogP contribution in [0.4, 0.5) is 0 Å². The summed E-state index contributed by atoms with van der Waals surface area (Å²) in [6, 6.07) is -0.822. The van der Waals surface area contributed by atoms with Crippen LogP contribution in [0.1, 0.15) is 6.42 Å². The van der Waals surface area contributed by atoms with Gasteiger partial charge in [0, 0.05) is 8.15 Å². The second kappa shape index (κ2) is 6.80. The Hall–Kier alpha value is 0.110. The third-order valence-corrected chi connectivity index (χ3v) is 1.99. The second-order valence-corrected chi connectivity index (χ2v) is 3.88. The smallest absolute Gasteiger partial charge is 0.320 e. The first-order valence-corrected chi connectivity index (χ1v) is 4.85. The Morgan fingerprint density at radius 1 is 1.73 bits per heavy atom. The normalized spacial score (nSPS) is 14.8. The van der Waals surface area contributed by atoms with E-state index >= 15 is 0 Å². The van der Waals surface area contributed by atoms with Crippen molar-refractivity contribution in [3.8, 4) is 0 Å². The Balaban J connectivity index is 0. The SMILES string of the molecule is CP(O)CCC(N)C(=O)O.Cl. The average Bonchev–Trinajstić information content (AvgIpc) is 1.82. The first-order chi connectivity index (χ1) is 4.54. The molecular weight excluding hydrogens is 188 g/mol. The van der Waals surface area contributed by atoms with Gasteiger partial charge in [-0.25, -0.2) is 0 Å². The van der Waals surface area contributed by atoms with Crippen molar-refractivity contribution in [1.82, 2.24) is 0 Å². The molecule has 0 aromatic carbocycles. The third kappa shape index (κ3) is 8.01. The highest BCUT2D eigenvalue weighted by molar-refractivity contribution is 7.50. The lowest BCUT2D eigenvalue weighted by Crippen LogP contribution is -2.30. The van der Waals surface area contributed by atoms with E-state index < -0.39 is 20.2 Å². The van der Waals surface area contributed by atoms with Gasteiger partial charge in [-0.1, -0.05) is 0 Å². The van der Waals surface area contributed by atoms with E-state index in [-0.39, 0.29) is 12.4 Å². The number of rotatable bonds is 4. The molecule has 0 spiro atoms. The van der Waals surface area contributed by atoms with E-state index in [2.05, 4.69) is 0 Å². The molecule has 0 aromatic heterocycles. The number of carboxylic acid groups (broad SMARTS) is 1. The Morgan fingerprint density at radius 2 is 2.18 bits per heavy atom. The van der Waals surface area contributed by atoms with E-state index in [9.17, 15) is 4.79 Å². The summed E-state index contributed by atoms with van der Waals surface area (Å²) in [6.45, 7) is 1.67. The van der Waals surface area contributed by atoms with Gasteiger partial charge in [-0.15, -0.1) is 12.4 Å². The van der Waals surface area contributed by atoms with Crippen LogP contribution in [0.5, 0.6) is 0 Å². The molecule has 4 N–H and O–H groups in total. The van der Waals surface area contributed by atoms with Crippen LogP contribution in [0.2, 0.25) is 0 Å². The van der Waals surface area contributed by atoms with Crippen LogP contribution in [0, 0.1) is 0 Å². The van der Waals surface area contributed by atoms with E-state index in [1.807, 2.05) is 0 Å². The lowest BCUT2D eigenvalue weighted by Gasteiger charge is -2.06. The number of nitrogens with two attached hydrogens (primary N) is 1. The van der Waals surface area contributed by atoms with Gasteiger partial charge in [-0.05, 0) is 19.2 Å². The minimum absolute atomic E-state index is 0. The van der Waals surface area contributed by atoms with Crippen molar-refractivity contribution in [2.24, 2.45) is 5.73 Å². The van der Waals surface area contributed by atoms with E-state index in [0.717, 1.165) is 0 Å². The summed E-state index contributed by atoms with van der Waals surface area (Å²) in [4.78, 5) is 18.9. The topological polar surface area (TPSA) is 83.5 Å². The molecule has 0 saturated carbocycles. The largest absolute Gasteiger partial charge is 0.480 e. The van der Waals surface area contributed by atoms with Gasteiger partial charge < -0.3 is 15.7 Å². The monoisotopic (exact) mass is 201 g/mol. The number of halogens is 1. The molecule has 0 fully saturated rings. The van der Waals surface area contributed by atoms with Crippen LogP contribution in [0.3, 0.4) is 0 Å². The van der Waals surface area contributed by atoms with Crippen molar-refractivity contribution >= 4 is 26.5 Å². The molecule has 0 heterocycles. The number of aliphatic carboxylic acids is 1. The number of hydrogen-bond acceptors (Lipinski definition) is 3. The Labute approximate surface area is 73.0 Å². The maximum atomic E-state index is 10.1. The zero-order chi connectivity index (χ0) is 8.15. The van der Waals surface area contributed by atoms with Crippen LogP contribution < -0.4 is 5.73 Å². The van der Waals surface area contributed by atoms with Crippen LogP contribution in [0.15, 0.2) is 0 Å². The van der Waals surface area contributed by atoms with Crippen molar-refractivity contribution in [3.05, 3.63) is 0 Å². The standard InChI is InChI=1S/C5H12NO3P.ClH/c1-10(9)3-2-4(6)5(7)8;/h4,9H,2-3,6H2,1H3,(H,7,8);1H. The third-order valence-electron chi connectivity index (χ3n) is 1.08. The number of carbonyl (C=O) groups is 1. The van der Waals surface area contributed by atoms with E-state index in [0.29, 0.717) is 12.6 Å². The fourth-order valence-electron chi connectivity index (χ4n) is 0.449. The molecule has 68 valence electrons. The lowest BCUT2D eigenvalue weighted by molar-refractivity contribution is -0.138. The van der Waals surface area contributed by atoms with Crippen LogP contribution in [0.25, 0.3) is 0 Å². The molecule has 4 nitrogen and oxygen atoms in total. The van der Waals surface area contributed by atoms with Crippen molar-refractivity contribution in [2.75, 3.05) is 12.8 Å². The predicted octanol–water partition coefficient (Wildman–Crippen LogP) is 0.229. The fraction of sp³-hybridized carbons (Fsp3) is 0.800. The summed E-state index contributed by atoms with van der Waals surface area (Å²) in [5.41, 5.74) is 5.16. The van der Waals surface area contributed by atoms with Gasteiger partial charge >= 0.3 is 5.97 Å². The van der Waals surface area contributed by atoms with Crippen molar-refractivity contribution in [1.29, 1.82) is 0 Å². The molecule has 0 aliphatic carbocycles. The molecule has 2 unspecified atom stereocenters. The lowest BCUT2D eigenvalue weighted by atomic mass is 10.2. The Bertz CT molecular complexity index is 122. The van der Waals surface area contributed by atoms with Crippen molar-refractivity contribution in [2.45, 2.75) is 12.5 Å². The molecule has 0 aliphatic heterocycles. The highest BCUT2D eigenvalue weighted by atomic mass is 35.5. The van der Waals surface area contributed by atoms with Gasteiger partial charge in [0.05, 0.1) is 0 Å². The average molecular weight is 202 g/mol. The minimum atomic E-state index is -1.00.